The van der Waals surface area contributed by atoms with Gasteiger partial charge in [-0.15, -0.1) is 0 Å². The summed E-state index contributed by atoms with van der Waals surface area (Å²) in [4.78, 5) is 20.5. The van der Waals surface area contributed by atoms with Crippen molar-refractivity contribution in [2.45, 2.75) is 0 Å². The first-order chi connectivity index (χ1) is 9.00. The van der Waals surface area contributed by atoms with Crippen LogP contribution in [0.15, 0.2) is 59.1 Å². The van der Waals surface area contributed by atoms with Crippen molar-refractivity contribution in [2.75, 3.05) is 0 Å². The summed E-state index contributed by atoms with van der Waals surface area (Å²) in [5.74, 6) is -1.77. The number of hydrogen-bond donors (Lipinski definition) is 2. The van der Waals surface area contributed by atoms with Crippen LogP contribution in [-0.2, 0) is 0 Å². The Hall–Kier alpha value is -2.14. The van der Waals surface area contributed by atoms with Gasteiger partial charge in [0.2, 0.25) is 0 Å². The highest BCUT2D eigenvalue weighted by Gasteiger charge is 1.99. The van der Waals surface area contributed by atoms with Crippen LogP contribution < -0.4 is 0 Å². The number of carboxylic acids is 2. The average molecular weight is 323 g/mol. The van der Waals surface area contributed by atoms with Crippen molar-refractivity contribution in [2.24, 2.45) is 0 Å². The minimum absolute atomic E-state index is 0.309. The van der Waals surface area contributed by atoms with E-state index >= 15 is 0 Å². The van der Waals surface area contributed by atoms with Gasteiger partial charge in [0.15, 0.2) is 0 Å². The molecule has 0 unspecified atom stereocenters. The maximum absolute atomic E-state index is 10.3. The standard InChI is InChI=1S/C7H5BrO2.C7H6O2/c8-6-3-1-5(2-4-6)7(9)10;8-7(9)6-4-2-1-3-5-6/h1-4H,(H,9,10);1-5H,(H,8,9). The van der Waals surface area contributed by atoms with Gasteiger partial charge in [-0.05, 0) is 36.4 Å². The summed E-state index contributed by atoms with van der Waals surface area (Å²) in [6.07, 6.45) is 0. The summed E-state index contributed by atoms with van der Waals surface area (Å²) in [7, 11) is 0. The molecule has 0 bridgehead atoms. The Balaban J connectivity index is 0.000000191. The zero-order chi connectivity index (χ0) is 14.3. The highest BCUT2D eigenvalue weighted by Crippen LogP contribution is 2.09. The van der Waals surface area contributed by atoms with E-state index in [0.29, 0.717) is 11.1 Å². The van der Waals surface area contributed by atoms with Crippen molar-refractivity contribution in [1.82, 2.24) is 0 Å². The number of aromatic carboxylic acids is 2. The van der Waals surface area contributed by atoms with Gasteiger partial charge in [-0.25, -0.2) is 9.59 Å². The fourth-order valence-corrected chi connectivity index (χ4v) is 1.44. The van der Waals surface area contributed by atoms with E-state index in [4.69, 9.17) is 10.2 Å². The molecule has 0 amide bonds. The molecule has 0 fully saturated rings. The number of benzene rings is 2. The van der Waals surface area contributed by atoms with Crippen LogP contribution in [0.1, 0.15) is 20.7 Å². The van der Waals surface area contributed by atoms with Crippen molar-refractivity contribution in [3.8, 4) is 0 Å². The Bertz CT molecular complexity index is 549. The summed E-state index contributed by atoms with van der Waals surface area (Å²) in [6, 6.07) is 14.8. The fraction of sp³-hybridized carbons (Fsp3) is 0. The predicted molar refractivity (Wildman–Crippen MR) is 74.5 cm³/mol. The van der Waals surface area contributed by atoms with Crippen molar-refractivity contribution in [3.63, 3.8) is 0 Å². The third kappa shape index (κ3) is 5.35. The molecule has 4 nitrogen and oxygen atoms in total. The second-order valence-electron chi connectivity index (χ2n) is 3.48. The first kappa shape index (κ1) is 14.9. The lowest BCUT2D eigenvalue weighted by Gasteiger charge is -1.91. The summed E-state index contributed by atoms with van der Waals surface area (Å²) < 4.78 is 0.887. The Labute approximate surface area is 118 Å². The monoisotopic (exact) mass is 322 g/mol. The normalized spacial score (nSPS) is 9.11. The van der Waals surface area contributed by atoms with Gasteiger partial charge in [0, 0.05) is 4.47 Å². The molecule has 0 atom stereocenters. The number of carbonyl (C=O) groups is 2. The second kappa shape index (κ2) is 7.33. The molecular formula is C14H11BrO4. The number of carboxylic acid groups (broad SMARTS) is 2. The smallest absolute Gasteiger partial charge is 0.335 e. The zero-order valence-corrected chi connectivity index (χ0v) is 11.4. The van der Waals surface area contributed by atoms with Crippen molar-refractivity contribution in [3.05, 3.63) is 70.2 Å². The molecular weight excluding hydrogens is 312 g/mol. The molecule has 0 aliphatic heterocycles. The quantitative estimate of drug-likeness (QED) is 0.886. The lowest BCUT2D eigenvalue weighted by molar-refractivity contribution is 0.0686. The molecule has 0 saturated heterocycles. The third-order valence-corrected chi connectivity index (χ3v) is 2.64. The van der Waals surface area contributed by atoms with Gasteiger partial charge in [0.1, 0.15) is 0 Å². The molecule has 0 saturated carbocycles. The van der Waals surface area contributed by atoms with Gasteiger partial charge >= 0.3 is 11.9 Å². The van der Waals surface area contributed by atoms with E-state index in [1.165, 1.54) is 0 Å². The average Bonchev–Trinajstić information content (AvgIpc) is 2.41. The second-order valence-corrected chi connectivity index (χ2v) is 4.40. The fourth-order valence-electron chi connectivity index (χ4n) is 1.17. The Morgan fingerprint density at radius 1 is 0.737 bits per heavy atom. The summed E-state index contributed by atoms with van der Waals surface area (Å²) in [5, 5.41) is 16.8. The van der Waals surface area contributed by atoms with Crippen molar-refractivity contribution >= 4 is 27.9 Å². The first-order valence-corrected chi connectivity index (χ1v) is 6.07. The number of rotatable bonds is 2. The molecule has 19 heavy (non-hydrogen) atoms. The van der Waals surface area contributed by atoms with E-state index in [-0.39, 0.29) is 0 Å². The third-order valence-electron chi connectivity index (χ3n) is 2.11. The van der Waals surface area contributed by atoms with E-state index < -0.39 is 11.9 Å². The Kier molecular flexibility index (Phi) is 5.75. The molecule has 2 aromatic carbocycles. The van der Waals surface area contributed by atoms with Crippen LogP contribution in [0.2, 0.25) is 0 Å². The first-order valence-electron chi connectivity index (χ1n) is 5.28. The number of hydrogen-bond acceptors (Lipinski definition) is 2. The van der Waals surface area contributed by atoms with Crippen molar-refractivity contribution in [1.29, 1.82) is 0 Å². The lowest BCUT2D eigenvalue weighted by atomic mass is 10.2. The Morgan fingerprint density at radius 3 is 1.53 bits per heavy atom. The van der Waals surface area contributed by atoms with Crippen LogP contribution in [0.3, 0.4) is 0 Å². The van der Waals surface area contributed by atoms with Crippen LogP contribution in [0.4, 0.5) is 0 Å². The molecule has 0 heterocycles. The van der Waals surface area contributed by atoms with E-state index in [1.807, 2.05) is 0 Å². The summed E-state index contributed by atoms with van der Waals surface area (Å²) in [6.45, 7) is 0. The van der Waals surface area contributed by atoms with Crippen LogP contribution in [0.5, 0.6) is 0 Å². The highest BCUT2D eigenvalue weighted by molar-refractivity contribution is 9.10. The van der Waals surface area contributed by atoms with Gasteiger partial charge in [0.05, 0.1) is 11.1 Å². The van der Waals surface area contributed by atoms with Gasteiger partial charge in [-0.3, -0.25) is 0 Å². The lowest BCUT2D eigenvalue weighted by Crippen LogP contribution is -1.94. The van der Waals surface area contributed by atoms with E-state index in [2.05, 4.69) is 15.9 Å². The molecule has 98 valence electrons. The summed E-state index contributed by atoms with van der Waals surface area (Å²) >= 11 is 3.20. The van der Waals surface area contributed by atoms with Crippen LogP contribution in [0.25, 0.3) is 0 Å². The number of halogens is 1. The summed E-state index contributed by atoms with van der Waals surface area (Å²) in [5.41, 5.74) is 0.640. The SMILES string of the molecule is O=C(O)c1ccc(Br)cc1.O=C(O)c1ccccc1. The van der Waals surface area contributed by atoms with Crippen LogP contribution in [0, 0.1) is 0 Å². The maximum atomic E-state index is 10.3. The van der Waals surface area contributed by atoms with Crippen LogP contribution >= 0.6 is 15.9 Å². The zero-order valence-electron chi connectivity index (χ0n) is 9.79. The van der Waals surface area contributed by atoms with E-state index in [1.54, 1.807) is 54.6 Å². The molecule has 0 aliphatic rings. The molecule has 0 radical (unpaired) electrons. The van der Waals surface area contributed by atoms with Gasteiger partial charge in [-0.2, -0.15) is 0 Å². The highest BCUT2D eigenvalue weighted by atomic mass is 79.9. The molecule has 0 spiro atoms. The molecule has 5 heteroatoms. The molecule has 0 aromatic heterocycles. The van der Waals surface area contributed by atoms with Gasteiger partial charge in [-0.1, -0.05) is 34.1 Å². The van der Waals surface area contributed by atoms with Crippen molar-refractivity contribution < 1.29 is 19.8 Å². The van der Waals surface area contributed by atoms with Crippen LogP contribution in [-0.4, -0.2) is 22.2 Å². The maximum Gasteiger partial charge on any atom is 0.335 e. The van der Waals surface area contributed by atoms with Gasteiger partial charge < -0.3 is 10.2 Å². The Morgan fingerprint density at radius 2 is 1.16 bits per heavy atom. The van der Waals surface area contributed by atoms with E-state index in [9.17, 15) is 9.59 Å². The molecule has 2 rings (SSSR count). The minimum atomic E-state index is -0.896. The molecule has 2 N–H and O–H groups in total. The minimum Gasteiger partial charge on any atom is -0.478 e. The topological polar surface area (TPSA) is 74.6 Å². The van der Waals surface area contributed by atoms with Gasteiger partial charge in [0.25, 0.3) is 0 Å². The molecule has 2 aromatic rings. The molecule has 0 aliphatic carbocycles. The largest absolute Gasteiger partial charge is 0.478 e. The predicted octanol–water partition coefficient (Wildman–Crippen LogP) is 3.53. The van der Waals surface area contributed by atoms with E-state index in [0.717, 1.165) is 4.47 Å².